The van der Waals surface area contributed by atoms with E-state index in [9.17, 15) is 39.6 Å². The Hall–Kier alpha value is -4.52. The van der Waals surface area contributed by atoms with Crippen LogP contribution in [0.3, 0.4) is 0 Å². The molecule has 1 saturated carbocycles. The maximum atomic E-state index is 15.1. The van der Waals surface area contributed by atoms with Crippen molar-refractivity contribution in [3.05, 3.63) is 58.4 Å². The maximum absolute atomic E-state index is 15.1. The van der Waals surface area contributed by atoms with E-state index in [0.29, 0.717) is 0 Å². The maximum Gasteiger partial charge on any atom is 0.255 e. The molecule has 1 fully saturated rings. The van der Waals surface area contributed by atoms with Crippen LogP contribution in [0.15, 0.2) is 41.4 Å². The van der Waals surface area contributed by atoms with Crippen molar-refractivity contribution >= 4 is 34.8 Å². The molecule has 1 aromatic carbocycles. The number of nitrogens with zero attached hydrogens (tertiary/aromatic N) is 2. The van der Waals surface area contributed by atoms with Crippen molar-refractivity contribution in [3.8, 4) is 5.75 Å². The molecule has 0 spiro atoms. The monoisotopic (exact) mass is 512 g/mol. The second kappa shape index (κ2) is 8.27. The molecule has 1 aromatic heterocycles. The minimum Gasteiger partial charge on any atom is -0.508 e. The molecule has 0 aliphatic heterocycles. The van der Waals surface area contributed by atoms with E-state index in [-0.39, 0.29) is 30.6 Å². The Morgan fingerprint density at radius 3 is 2.62 bits per heavy atom. The number of carbonyl (C=O) groups excluding carboxylic acids is 4. The molecule has 0 bridgehead atoms. The smallest absolute Gasteiger partial charge is 0.255 e. The van der Waals surface area contributed by atoms with Gasteiger partial charge in [0.1, 0.15) is 29.5 Å². The number of Topliss-reactive ketones (excluding diaryl/α,β-unsaturated/α-hetero) is 2. The number of halogens is 1. The minimum absolute atomic E-state index is 0.120. The van der Waals surface area contributed by atoms with E-state index in [1.54, 1.807) is 6.07 Å². The molecule has 1 heterocycles. The van der Waals surface area contributed by atoms with Crippen LogP contribution >= 0.6 is 0 Å². The molecule has 13 heteroatoms. The molecule has 12 nitrogen and oxygen atoms in total. The zero-order chi connectivity index (χ0) is 26.8. The van der Waals surface area contributed by atoms with Gasteiger partial charge < -0.3 is 31.5 Å². The van der Waals surface area contributed by atoms with Gasteiger partial charge in [-0.1, -0.05) is 0 Å². The number of benzene rings is 1. The Bertz CT molecular complexity index is 1460. The number of nitrogens with one attached hydrogen (secondary N) is 1. The van der Waals surface area contributed by atoms with Crippen molar-refractivity contribution in [2.45, 2.75) is 31.4 Å². The van der Waals surface area contributed by atoms with E-state index in [1.807, 2.05) is 0 Å². The molecular formula is C24H21FN4O8. The normalized spacial score (nSPS) is 24.9. The molecule has 37 heavy (non-hydrogen) atoms. The zero-order valence-electron chi connectivity index (χ0n) is 19.1. The second-order valence-electron chi connectivity index (χ2n) is 9.27. The van der Waals surface area contributed by atoms with Crippen LogP contribution in [0.1, 0.15) is 24.0 Å². The third kappa shape index (κ3) is 3.49. The van der Waals surface area contributed by atoms with Gasteiger partial charge >= 0.3 is 0 Å². The van der Waals surface area contributed by atoms with Crippen molar-refractivity contribution < 1.29 is 44.0 Å². The minimum atomic E-state index is -2.72. The first-order chi connectivity index (χ1) is 17.4. The lowest BCUT2D eigenvalue weighted by Crippen LogP contribution is -2.58. The molecule has 3 aliphatic rings. The molecule has 0 saturated heterocycles. The lowest BCUT2D eigenvalue weighted by Gasteiger charge is -2.46. The Morgan fingerprint density at radius 2 is 1.97 bits per heavy atom. The summed E-state index contributed by atoms with van der Waals surface area (Å²) in [5.74, 6) is -9.71. The highest BCUT2D eigenvalue weighted by Crippen LogP contribution is 2.53. The average Bonchev–Trinajstić information content (AvgIpc) is 3.32. The number of fused-ring (bicyclic) bond motifs is 3. The van der Waals surface area contributed by atoms with Crippen molar-refractivity contribution in [1.29, 1.82) is 0 Å². The molecule has 0 radical (unpaired) electrons. The summed E-state index contributed by atoms with van der Waals surface area (Å²) in [6.07, 6.45) is 2.19. The molecule has 3 atom stereocenters. The Labute approximate surface area is 207 Å². The lowest BCUT2D eigenvalue weighted by molar-refractivity contribution is -0.147. The first-order valence-electron chi connectivity index (χ1n) is 11.2. The first kappa shape index (κ1) is 24.2. The molecule has 2 amide bonds. The van der Waals surface area contributed by atoms with Crippen LogP contribution in [-0.2, 0) is 32.1 Å². The Balaban J connectivity index is 1.58. The van der Waals surface area contributed by atoms with Crippen LogP contribution in [0.5, 0.6) is 5.75 Å². The number of aliphatic hydroxyl groups is 3. The molecule has 3 aliphatic carbocycles. The average molecular weight is 512 g/mol. The predicted molar refractivity (Wildman–Crippen MR) is 122 cm³/mol. The van der Waals surface area contributed by atoms with E-state index >= 15 is 4.39 Å². The summed E-state index contributed by atoms with van der Waals surface area (Å²) in [7, 11) is 0. The molecule has 5 rings (SSSR count). The number of ketones is 2. The van der Waals surface area contributed by atoms with Gasteiger partial charge in [0.15, 0.2) is 17.1 Å². The van der Waals surface area contributed by atoms with Gasteiger partial charge in [0.05, 0.1) is 11.3 Å². The van der Waals surface area contributed by atoms with Gasteiger partial charge in [0, 0.05) is 41.9 Å². The third-order valence-electron chi connectivity index (χ3n) is 7.15. The summed E-state index contributed by atoms with van der Waals surface area (Å²) in [6, 6.07) is 2.47. The summed E-state index contributed by atoms with van der Waals surface area (Å²) in [5.41, 5.74) is 0.153. The predicted octanol–water partition coefficient (Wildman–Crippen LogP) is 0.398. The molecule has 7 N–H and O–H groups in total. The van der Waals surface area contributed by atoms with E-state index in [1.165, 1.54) is 17.1 Å². The highest BCUT2D eigenvalue weighted by atomic mass is 19.1. The number of primary amides is 1. The molecular weight excluding hydrogens is 491 g/mol. The topological polar surface area (TPSA) is 205 Å². The second-order valence-corrected chi connectivity index (χ2v) is 9.27. The van der Waals surface area contributed by atoms with Gasteiger partial charge in [0.25, 0.3) is 5.91 Å². The number of carbonyl (C=O) groups is 4. The Kier molecular flexibility index (Phi) is 5.40. The number of phenolic OH excluding ortho intramolecular Hbond substituents is 1. The number of aromatic nitrogens is 2. The summed E-state index contributed by atoms with van der Waals surface area (Å²) < 4.78 is 16.4. The van der Waals surface area contributed by atoms with Crippen LogP contribution < -0.4 is 11.1 Å². The van der Waals surface area contributed by atoms with Crippen LogP contribution in [-0.4, -0.2) is 59.2 Å². The van der Waals surface area contributed by atoms with Crippen molar-refractivity contribution in [3.63, 3.8) is 0 Å². The third-order valence-corrected chi connectivity index (χ3v) is 7.15. The zero-order valence-corrected chi connectivity index (χ0v) is 19.1. The SMILES string of the molecule is NC(=O)C1=C(O)[C@@]2(O)C(=O)C3=C(O)c4c(O)c(NC(=O)Cn5cccn5)cc(F)c4CC3C[C@H]2CC1=O. The van der Waals surface area contributed by atoms with Gasteiger partial charge in [-0.3, -0.25) is 23.9 Å². The number of hydrogen-bond acceptors (Lipinski definition) is 9. The highest BCUT2D eigenvalue weighted by molar-refractivity contribution is 6.22. The van der Waals surface area contributed by atoms with Crippen molar-refractivity contribution in [2.24, 2.45) is 17.6 Å². The number of rotatable bonds is 4. The number of aromatic hydroxyl groups is 1. The van der Waals surface area contributed by atoms with E-state index in [2.05, 4.69) is 10.4 Å². The molecule has 192 valence electrons. The highest BCUT2D eigenvalue weighted by Gasteiger charge is 2.60. The fraction of sp³-hybridized carbons (Fsp3) is 0.292. The van der Waals surface area contributed by atoms with E-state index < -0.39 is 87.0 Å². The van der Waals surface area contributed by atoms with Gasteiger partial charge in [-0.25, -0.2) is 4.39 Å². The lowest BCUT2D eigenvalue weighted by atomic mass is 9.59. The van der Waals surface area contributed by atoms with Gasteiger partial charge in [-0.2, -0.15) is 5.10 Å². The Morgan fingerprint density at radius 1 is 1.24 bits per heavy atom. The summed E-state index contributed by atoms with van der Waals surface area (Å²) >= 11 is 0. The molecule has 2 aromatic rings. The quantitative estimate of drug-likeness (QED) is 0.247. The number of aliphatic hydroxyl groups excluding tert-OH is 2. The van der Waals surface area contributed by atoms with Crippen LogP contribution in [0.25, 0.3) is 5.76 Å². The largest absolute Gasteiger partial charge is 0.508 e. The van der Waals surface area contributed by atoms with Crippen LogP contribution in [0, 0.1) is 17.7 Å². The summed E-state index contributed by atoms with van der Waals surface area (Å²) in [5, 5.41) is 49.9. The van der Waals surface area contributed by atoms with Gasteiger partial charge in [0.2, 0.25) is 11.7 Å². The number of phenols is 1. The number of amides is 2. The van der Waals surface area contributed by atoms with Crippen molar-refractivity contribution in [1.82, 2.24) is 9.78 Å². The van der Waals surface area contributed by atoms with Crippen LogP contribution in [0.2, 0.25) is 0 Å². The van der Waals surface area contributed by atoms with Crippen molar-refractivity contribution in [2.75, 3.05) is 5.32 Å². The standard InChI is InChI=1S/C24H21FN4O8/c25-12-7-13(28-15(31)8-29-3-1-2-27-29)19(32)17-11(12)5-9-4-10-6-14(30)18(23(26)36)22(35)24(10,37)21(34)16(9)20(17)33/h1-3,7,9-10,32-33,35,37H,4-6,8H2,(H2,26,36)(H,28,31)/t9?,10-,24-/m0/s1. The van der Waals surface area contributed by atoms with E-state index in [4.69, 9.17) is 5.73 Å². The summed E-state index contributed by atoms with van der Waals surface area (Å²) in [4.78, 5) is 49.9. The first-order valence-corrected chi connectivity index (χ1v) is 11.2. The number of hydrogen-bond donors (Lipinski definition) is 6. The number of anilines is 1. The van der Waals surface area contributed by atoms with Crippen LogP contribution in [0.4, 0.5) is 10.1 Å². The van der Waals surface area contributed by atoms with Gasteiger partial charge in [-0.15, -0.1) is 0 Å². The summed E-state index contributed by atoms with van der Waals surface area (Å²) in [6.45, 7) is -0.250. The fourth-order valence-corrected chi connectivity index (χ4v) is 5.47. The number of nitrogens with two attached hydrogens (primary N) is 1. The van der Waals surface area contributed by atoms with E-state index in [0.717, 1.165) is 6.07 Å². The fourth-order valence-electron chi connectivity index (χ4n) is 5.47. The molecule has 1 unspecified atom stereocenters. The van der Waals surface area contributed by atoms with Gasteiger partial charge in [-0.05, 0) is 24.8 Å².